The SMILES string of the molecule is Fc1ccc(OCc2nc3ncc(Br)cc3[nH]2)cc1. The lowest BCUT2D eigenvalue weighted by Crippen LogP contribution is -1.97. The summed E-state index contributed by atoms with van der Waals surface area (Å²) < 4.78 is 19.1. The zero-order valence-electron chi connectivity index (χ0n) is 9.73. The van der Waals surface area contributed by atoms with Crippen molar-refractivity contribution >= 4 is 27.1 Å². The molecule has 0 radical (unpaired) electrons. The fourth-order valence-electron chi connectivity index (χ4n) is 1.68. The molecule has 1 aromatic carbocycles. The number of H-pyrrole nitrogens is 1. The van der Waals surface area contributed by atoms with Crippen molar-refractivity contribution in [2.24, 2.45) is 0 Å². The molecule has 0 bridgehead atoms. The van der Waals surface area contributed by atoms with Crippen LogP contribution in [0.4, 0.5) is 4.39 Å². The van der Waals surface area contributed by atoms with Gasteiger partial charge in [0.1, 0.15) is 24.0 Å². The van der Waals surface area contributed by atoms with Crippen molar-refractivity contribution in [1.29, 1.82) is 0 Å². The predicted octanol–water partition coefficient (Wildman–Crippen LogP) is 3.44. The van der Waals surface area contributed by atoms with Gasteiger partial charge in [0.15, 0.2) is 5.65 Å². The Morgan fingerprint density at radius 3 is 2.84 bits per heavy atom. The van der Waals surface area contributed by atoms with Crippen LogP contribution in [0.15, 0.2) is 41.0 Å². The van der Waals surface area contributed by atoms with Crippen molar-refractivity contribution < 1.29 is 9.13 Å². The Morgan fingerprint density at radius 1 is 1.26 bits per heavy atom. The lowest BCUT2D eigenvalue weighted by atomic mass is 10.3. The fraction of sp³-hybridized carbons (Fsp3) is 0.0769. The number of halogens is 2. The zero-order chi connectivity index (χ0) is 13.2. The summed E-state index contributed by atoms with van der Waals surface area (Å²) in [5.74, 6) is 0.978. The van der Waals surface area contributed by atoms with Crippen molar-refractivity contribution in [1.82, 2.24) is 15.0 Å². The molecule has 19 heavy (non-hydrogen) atoms. The summed E-state index contributed by atoms with van der Waals surface area (Å²) in [6.07, 6.45) is 1.69. The molecule has 0 amide bonds. The molecule has 6 heteroatoms. The molecule has 3 rings (SSSR count). The number of aromatic amines is 1. The van der Waals surface area contributed by atoms with E-state index >= 15 is 0 Å². The number of benzene rings is 1. The first-order valence-electron chi connectivity index (χ1n) is 5.59. The first kappa shape index (κ1) is 12.1. The second kappa shape index (κ2) is 4.97. The summed E-state index contributed by atoms with van der Waals surface area (Å²) in [6, 6.07) is 7.76. The molecule has 2 aromatic heterocycles. The van der Waals surface area contributed by atoms with Crippen LogP contribution in [0, 0.1) is 5.82 Å². The smallest absolute Gasteiger partial charge is 0.177 e. The van der Waals surface area contributed by atoms with Gasteiger partial charge in [-0.25, -0.2) is 14.4 Å². The van der Waals surface area contributed by atoms with E-state index in [0.29, 0.717) is 17.2 Å². The molecule has 0 fully saturated rings. The van der Waals surface area contributed by atoms with Crippen LogP contribution < -0.4 is 4.74 Å². The van der Waals surface area contributed by atoms with Crippen LogP contribution in [-0.4, -0.2) is 15.0 Å². The number of hydrogen-bond donors (Lipinski definition) is 1. The summed E-state index contributed by atoms with van der Waals surface area (Å²) in [7, 11) is 0. The standard InChI is InChI=1S/C13H9BrFN3O/c14-8-5-11-13(16-6-8)18-12(17-11)7-19-10-3-1-9(15)2-4-10/h1-6H,7H2,(H,16,17,18). The summed E-state index contributed by atoms with van der Waals surface area (Å²) in [5.41, 5.74) is 1.48. The quantitative estimate of drug-likeness (QED) is 0.804. The molecule has 0 aliphatic heterocycles. The molecule has 0 saturated carbocycles. The summed E-state index contributed by atoms with van der Waals surface area (Å²) in [6.45, 7) is 0.277. The average Bonchev–Trinajstić information content (AvgIpc) is 2.80. The van der Waals surface area contributed by atoms with Crippen LogP contribution in [0.25, 0.3) is 11.2 Å². The number of pyridine rings is 1. The normalized spacial score (nSPS) is 10.8. The number of aromatic nitrogens is 3. The largest absolute Gasteiger partial charge is 0.486 e. The van der Waals surface area contributed by atoms with E-state index in [1.165, 1.54) is 12.1 Å². The molecule has 0 aliphatic carbocycles. The second-order valence-corrected chi connectivity index (χ2v) is 4.87. The minimum atomic E-state index is -0.287. The second-order valence-electron chi connectivity index (χ2n) is 3.95. The van der Waals surface area contributed by atoms with Gasteiger partial charge in [-0.3, -0.25) is 0 Å². The van der Waals surface area contributed by atoms with Crippen LogP contribution in [0.5, 0.6) is 5.75 Å². The summed E-state index contributed by atoms with van der Waals surface area (Å²) in [4.78, 5) is 11.6. The Kier molecular flexibility index (Phi) is 3.16. The van der Waals surface area contributed by atoms with Gasteiger partial charge in [0.2, 0.25) is 0 Å². The van der Waals surface area contributed by atoms with Gasteiger partial charge < -0.3 is 9.72 Å². The van der Waals surface area contributed by atoms with Crippen LogP contribution in [0.3, 0.4) is 0 Å². The Hall–Kier alpha value is -1.95. The fourth-order valence-corrected chi connectivity index (χ4v) is 2.01. The van der Waals surface area contributed by atoms with Gasteiger partial charge in [0.25, 0.3) is 0 Å². The highest BCUT2D eigenvalue weighted by atomic mass is 79.9. The van der Waals surface area contributed by atoms with E-state index in [4.69, 9.17) is 4.74 Å². The van der Waals surface area contributed by atoms with Gasteiger partial charge in [-0.15, -0.1) is 0 Å². The van der Waals surface area contributed by atoms with E-state index in [0.717, 1.165) is 9.99 Å². The topological polar surface area (TPSA) is 50.8 Å². The number of nitrogens with one attached hydrogen (secondary N) is 1. The van der Waals surface area contributed by atoms with Crippen LogP contribution in [-0.2, 0) is 6.61 Å². The molecular formula is C13H9BrFN3O. The third-order valence-corrected chi connectivity index (χ3v) is 2.98. The van der Waals surface area contributed by atoms with Gasteiger partial charge in [-0.1, -0.05) is 0 Å². The highest BCUT2D eigenvalue weighted by Crippen LogP contribution is 2.17. The van der Waals surface area contributed by atoms with Crippen LogP contribution in [0.1, 0.15) is 5.82 Å². The number of rotatable bonds is 3. The Morgan fingerprint density at radius 2 is 2.05 bits per heavy atom. The molecule has 0 unspecified atom stereocenters. The van der Waals surface area contributed by atoms with E-state index in [2.05, 4.69) is 30.9 Å². The Labute approximate surface area is 116 Å². The number of hydrogen-bond acceptors (Lipinski definition) is 3. The van der Waals surface area contributed by atoms with E-state index < -0.39 is 0 Å². The first-order valence-corrected chi connectivity index (χ1v) is 6.38. The maximum Gasteiger partial charge on any atom is 0.177 e. The average molecular weight is 322 g/mol. The number of imidazole rings is 1. The molecule has 0 saturated heterocycles. The lowest BCUT2D eigenvalue weighted by molar-refractivity contribution is 0.297. The molecule has 3 aromatic rings. The molecule has 1 N–H and O–H groups in total. The van der Waals surface area contributed by atoms with Crippen molar-refractivity contribution in [3.05, 3.63) is 52.6 Å². The number of fused-ring (bicyclic) bond motifs is 1. The molecule has 4 nitrogen and oxygen atoms in total. The minimum Gasteiger partial charge on any atom is -0.486 e. The number of nitrogens with zero attached hydrogens (tertiary/aromatic N) is 2. The highest BCUT2D eigenvalue weighted by molar-refractivity contribution is 9.10. The molecule has 0 aliphatic rings. The van der Waals surface area contributed by atoms with Gasteiger partial charge in [0, 0.05) is 10.7 Å². The molecule has 2 heterocycles. The first-order chi connectivity index (χ1) is 9.20. The number of ether oxygens (including phenoxy) is 1. The Balaban J connectivity index is 1.76. The van der Waals surface area contributed by atoms with Gasteiger partial charge in [-0.2, -0.15) is 0 Å². The molecule has 96 valence electrons. The third-order valence-electron chi connectivity index (χ3n) is 2.54. The Bertz CT molecular complexity index is 711. The van der Waals surface area contributed by atoms with E-state index in [9.17, 15) is 4.39 Å². The third kappa shape index (κ3) is 2.73. The lowest BCUT2D eigenvalue weighted by Gasteiger charge is -2.03. The molecular weight excluding hydrogens is 313 g/mol. The highest BCUT2D eigenvalue weighted by Gasteiger charge is 2.05. The van der Waals surface area contributed by atoms with Crippen LogP contribution >= 0.6 is 15.9 Å². The van der Waals surface area contributed by atoms with Gasteiger partial charge >= 0.3 is 0 Å². The zero-order valence-corrected chi connectivity index (χ0v) is 11.3. The van der Waals surface area contributed by atoms with Crippen molar-refractivity contribution in [3.63, 3.8) is 0 Å². The minimum absolute atomic E-state index is 0.277. The van der Waals surface area contributed by atoms with E-state index in [1.54, 1.807) is 18.3 Å². The van der Waals surface area contributed by atoms with Crippen molar-refractivity contribution in [2.45, 2.75) is 6.61 Å². The van der Waals surface area contributed by atoms with E-state index in [1.807, 2.05) is 6.07 Å². The van der Waals surface area contributed by atoms with Gasteiger partial charge in [0.05, 0.1) is 5.52 Å². The monoisotopic (exact) mass is 321 g/mol. The maximum atomic E-state index is 12.7. The van der Waals surface area contributed by atoms with Gasteiger partial charge in [-0.05, 0) is 46.3 Å². The van der Waals surface area contributed by atoms with E-state index in [-0.39, 0.29) is 12.4 Å². The summed E-state index contributed by atoms with van der Waals surface area (Å²) >= 11 is 3.35. The van der Waals surface area contributed by atoms with Crippen molar-refractivity contribution in [3.8, 4) is 5.75 Å². The van der Waals surface area contributed by atoms with Crippen LogP contribution in [0.2, 0.25) is 0 Å². The maximum absolute atomic E-state index is 12.7. The van der Waals surface area contributed by atoms with Crippen molar-refractivity contribution in [2.75, 3.05) is 0 Å². The molecule has 0 spiro atoms. The predicted molar refractivity (Wildman–Crippen MR) is 72.3 cm³/mol. The molecule has 0 atom stereocenters. The summed E-state index contributed by atoms with van der Waals surface area (Å²) in [5, 5.41) is 0.